The minimum Gasteiger partial charge on any atom is -0.486 e. The fraction of sp³-hybridized carbons (Fsp3) is 0.182. The first-order chi connectivity index (χ1) is 14.8. The van der Waals surface area contributed by atoms with Gasteiger partial charge >= 0.3 is 0 Å². The van der Waals surface area contributed by atoms with Crippen molar-refractivity contribution < 1.29 is 13.9 Å². The highest BCUT2D eigenvalue weighted by Gasteiger charge is 2.34. The number of anilines is 1. The molecule has 0 aliphatic carbocycles. The molecule has 8 heteroatoms. The van der Waals surface area contributed by atoms with Crippen LogP contribution < -0.4 is 14.5 Å². The Morgan fingerprint density at radius 1 is 1.00 bits per heavy atom. The van der Waals surface area contributed by atoms with Crippen LogP contribution >= 0.6 is 22.7 Å². The molecule has 1 atom stereocenters. The number of hydrogen-bond donors (Lipinski definition) is 0. The summed E-state index contributed by atoms with van der Waals surface area (Å²) in [6.45, 7) is 1.15. The Morgan fingerprint density at radius 2 is 1.93 bits per heavy atom. The summed E-state index contributed by atoms with van der Waals surface area (Å²) >= 11 is 3.28. The van der Waals surface area contributed by atoms with E-state index < -0.39 is 0 Å². The van der Waals surface area contributed by atoms with Gasteiger partial charge in [0.05, 0.1) is 22.5 Å². The van der Waals surface area contributed by atoms with Gasteiger partial charge in [-0.1, -0.05) is 6.07 Å². The van der Waals surface area contributed by atoms with E-state index in [1.54, 1.807) is 28.9 Å². The highest BCUT2D eigenvalue weighted by atomic mass is 32.1. The number of nitrogens with zero attached hydrogens (tertiary/aromatic N) is 3. The molecule has 2 aliphatic heterocycles. The molecule has 0 spiro atoms. The molecule has 2 aliphatic rings. The average molecular weight is 436 g/mol. The number of hydrazone groups is 1. The molecule has 6 nitrogen and oxygen atoms in total. The SMILES string of the molecule is c1coc(C2CC(c3cccs3)=NN2c2nc(-c3ccc4c(c3)OCCO4)cs2)c1. The van der Waals surface area contributed by atoms with Crippen LogP contribution in [0.3, 0.4) is 0 Å². The van der Waals surface area contributed by atoms with Gasteiger partial charge in [0, 0.05) is 17.4 Å². The molecule has 0 saturated carbocycles. The van der Waals surface area contributed by atoms with E-state index in [9.17, 15) is 0 Å². The van der Waals surface area contributed by atoms with Crippen LogP contribution in [0.25, 0.3) is 11.3 Å². The number of furan rings is 1. The molecule has 1 aromatic carbocycles. The van der Waals surface area contributed by atoms with Crippen LogP contribution in [0.1, 0.15) is 23.1 Å². The number of ether oxygens (including phenoxy) is 2. The van der Waals surface area contributed by atoms with Crippen LogP contribution in [0.5, 0.6) is 11.5 Å². The molecule has 4 aromatic rings. The lowest BCUT2D eigenvalue weighted by molar-refractivity contribution is 0.171. The maximum absolute atomic E-state index is 5.72. The number of fused-ring (bicyclic) bond motifs is 1. The van der Waals surface area contributed by atoms with Gasteiger partial charge in [-0.25, -0.2) is 9.99 Å². The van der Waals surface area contributed by atoms with E-state index in [0.717, 1.165) is 45.8 Å². The molecule has 6 rings (SSSR count). The number of aromatic nitrogens is 1. The van der Waals surface area contributed by atoms with Crippen LogP contribution in [0, 0.1) is 0 Å². The summed E-state index contributed by atoms with van der Waals surface area (Å²) < 4.78 is 17.1. The second kappa shape index (κ2) is 7.30. The third-order valence-electron chi connectivity index (χ3n) is 5.11. The van der Waals surface area contributed by atoms with Crippen molar-refractivity contribution in [1.82, 2.24) is 4.98 Å². The number of rotatable bonds is 4. The quantitative estimate of drug-likeness (QED) is 0.418. The monoisotopic (exact) mass is 435 g/mol. The molecule has 0 N–H and O–H groups in total. The van der Waals surface area contributed by atoms with Crippen molar-refractivity contribution in [2.45, 2.75) is 12.5 Å². The molecule has 0 radical (unpaired) electrons. The van der Waals surface area contributed by atoms with Gasteiger partial charge in [0.15, 0.2) is 11.5 Å². The number of hydrogen-bond acceptors (Lipinski definition) is 8. The summed E-state index contributed by atoms with van der Waals surface area (Å²) in [5.74, 6) is 2.44. The Bertz CT molecular complexity index is 1200. The number of thiophene rings is 1. The van der Waals surface area contributed by atoms with Crippen LogP contribution in [0.2, 0.25) is 0 Å². The van der Waals surface area contributed by atoms with Crippen molar-refractivity contribution in [2.75, 3.05) is 18.2 Å². The van der Waals surface area contributed by atoms with Crippen molar-refractivity contribution in [3.63, 3.8) is 0 Å². The molecular weight excluding hydrogens is 418 g/mol. The van der Waals surface area contributed by atoms with Crippen LogP contribution in [0.15, 0.2) is 69.0 Å². The molecular formula is C22H17N3O3S2. The second-order valence-corrected chi connectivity index (χ2v) is 8.76. The largest absolute Gasteiger partial charge is 0.486 e. The first-order valence-corrected chi connectivity index (χ1v) is 11.4. The van der Waals surface area contributed by atoms with Crippen molar-refractivity contribution in [3.05, 3.63) is 70.1 Å². The average Bonchev–Trinajstić information content (AvgIpc) is 3.58. The van der Waals surface area contributed by atoms with Gasteiger partial charge < -0.3 is 13.9 Å². The van der Waals surface area contributed by atoms with Crippen LogP contribution in [0.4, 0.5) is 5.13 Å². The first-order valence-electron chi connectivity index (χ1n) is 9.65. The number of thiazole rings is 1. The maximum atomic E-state index is 5.72. The Balaban J connectivity index is 1.35. The summed E-state index contributed by atoms with van der Waals surface area (Å²) in [5, 5.41) is 11.9. The maximum Gasteiger partial charge on any atom is 0.207 e. The third-order valence-corrected chi connectivity index (χ3v) is 6.86. The Labute approximate surface area is 181 Å². The standard InChI is InChI=1S/C22H17N3O3S2/c1-3-18(26-7-1)17-12-15(21-4-2-10-29-21)24-25(17)22-23-16(13-30-22)14-5-6-19-20(11-14)28-9-8-27-19/h1-7,10-11,13,17H,8-9,12H2. The number of benzene rings is 1. The fourth-order valence-electron chi connectivity index (χ4n) is 3.69. The smallest absolute Gasteiger partial charge is 0.207 e. The molecule has 0 fully saturated rings. The molecule has 3 aromatic heterocycles. The highest BCUT2D eigenvalue weighted by molar-refractivity contribution is 7.14. The van der Waals surface area contributed by atoms with Gasteiger partial charge in [-0.2, -0.15) is 5.10 Å². The first kappa shape index (κ1) is 17.7. The molecule has 30 heavy (non-hydrogen) atoms. The van der Waals surface area contributed by atoms with Crippen molar-refractivity contribution in [2.24, 2.45) is 5.10 Å². The molecule has 1 unspecified atom stereocenters. The Kier molecular flexibility index (Phi) is 4.32. The summed E-state index contributed by atoms with van der Waals surface area (Å²) in [5.41, 5.74) is 2.95. The van der Waals surface area contributed by atoms with Gasteiger partial charge in [0.1, 0.15) is 25.0 Å². The van der Waals surface area contributed by atoms with Crippen molar-refractivity contribution in [3.8, 4) is 22.8 Å². The normalized spacial score (nSPS) is 17.9. The van der Waals surface area contributed by atoms with Crippen LogP contribution in [-0.4, -0.2) is 23.9 Å². The summed E-state index contributed by atoms with van der Waals surface area (Å²) in [6, 6.07) is 14.0. The molecule has 0 saturated heterocycles. The van der Waals surface area contributed by atoms with E-state index >= 15 is 0 Å². The van der Waals surface area contributed by atoms with Gasteiger partial charge in [0.25, 0.3) is 0 Å². The zero-order valence-electron chi connectivity index (χ0n) is 15.9. The molecule has 0 bridgehead atoms. The minimum absolute atomic E-state index is 0.00336. The minimum atomic E-state index is -0.00336. The summed E-state index contributed by atoms with van der Waals surface area (Å²) in [4.78, 5) is 6.07. The highest BCUT2D eigenvalue weighted by Crippen LogP contribution is 2.41. The third kappa shape index (κ3) is 3.09. The van der Waals surface area contributed by atoms with E-state index in [0.29, 0.717) is 13.2 Å². The van der Waals surface area contributed by atoms with E-state index in [1.165, 1.54) is 4.88 Å². The van der Waals surface area contributed by atoms with E-state index in [-0.39, 0.29) is 6.04 Å². The van der Waals surface area contributed by atoms with Gasteiger partial charge in [-0.05, 0) is 41.8 Å². The topological polar surface area (TPSA) is 60.1 Å². The van der Waals surface area contributed by atoms with E-state index in [2.05, 4.69) is 22.9 Å². The molecule has 5 heterocycles. The molecule has 150 valence electrons. The van der Waals surface area contributed by atoms with Crippen molar-refractivity contribution in [1.29, 1.82) is 0 Å². The Morgan fingerprint density at radius 3 is 2.77 bits per heavy atom. The summed E-state index contributed by atoms with van der Waals surface area (Å²) in [6.07, 6.45) is 2.49. The van der Waals surface area contributed by atoms with Crippen LogP contribution in [-0.2, 0) is 0 Å². The zero-order chi connectivity index (χ0) is 19.9. The fourth-order valence-corrected chi connectivity index (χ4v) is 5.24. The predicted octanol–water partition coefficient (Wildman–Crippen LogP) is 5.59. The van der Waals surface area contributed by atoms with Crippen molar-refractivity contribution >= 4 is 33.5 Å². The lowest BCUT2D eigenvalue weighted by atomic mass is 10.1. The van der Waals surface area contributed by atoms with Gasteiger partial charge in [-0.15, -0.1) is 22.7 Å². The molecule has 0 amide bonds. The summed E-state index contributed by atoms with van der Waals surface area (Å²) in [7, 11) is 0. The second-order valence-electron chi connectivity index (χ2n) is 6.98. The lowest BCUT2D eigenvalue weighted by Crippen LogP contribution is -2.17. The Hall–Kier alpha value is -3.10. The van der Waals surface area contributed by atoms with Gasteiger partial charge in [-0.3, -0.25) is 0 Å². The van der Waals surface area contributed by atoms with E-state index in [4.69, 9.17) is 24.0 Å². The van der Waals surface area contributed by atoms with E-state index in [1.807, 2.05) is 35.3 Å². The zero-order valence-corrected chi connectivity index (χ0v) is 17.5. The predicted molar refractivity (Wildman–Crippen MR) is 118 cm³/mol. The lowest BCUT2D eigenvalue weighted by Gasteiger charge is -2.19. The van der Waals surface area contributed by atoms with Gasteiger partial charge in [0.2, 0.25) is 5.13 Å².